The Labute approximate surface area is 143 Å². The molecule has 3 heterocycles. The van der Waals surface area contributed by atoms with Crippen LogP contribution in [0.5, 0.6) is 5.75 Å². The second-order valence-electron chi connectivity index (χ2n) is 5.89. The standard InChI is InChI=1S/C20H16N2O3/c1-12-18(22-10-4-3-5-16(22)20(12)25-2)19(24)13-6-7-15-14(11-13)17(23)8-9-21-15/h3-11H,1-2H3,(H,21,23). The van der Waals surface area contributed by atoms with Gasteiger partial charge in [-0.2, -0.15) is 0 Å². The molecule has 3 aromatic heterocycles. The van der Waals surface area contributed by atoms with E-state index in [0.717, 1.165) is 11.1 Å². The lowest BCUT2D eigenvalue weighted by Crippen LogP contribution is -2.08. The summed E-state index contributed by atoms with van der Waals surface area (Å²) >= 11 is 0. The van der Waals surface area contributed by atoms with Gasteiger partial charge in [0.2, 0.25) is 5.78 Å². The van der Waals surface area contributed by atoms with Crippen LogP contribution in [0.1, 0.15) is 21.6 Å². The van der Waals surface area contributed by atoms with Crippen molar-refractivity contribution in [3.8, 4) is 5.75 Å². The number of H-pyrrole nitrogens is 1. The van der Waals surface area contributed by atoms with Crippen molar-refractivity contribution in [2.24, 2.45) is 0 Å². The maximum atomic E-state index is 13.2. The van der Waals surface area contributed by atoms with E-state index in [1.54, 1.807) is 31.5 Å². The van der Waals surface area contributed by atoms with Crippen LogP contribution in [0.15, 0.2) is 59.7 Å². The van der Waals surface area contributed by atoms with Gasteiger partial charge in [0.05, 0.1) is 12.6 Å². The minimum atomic E-state index is -0.146. The lowest BCUT2D eigenvalue weighted by Gasteiger charge is -2.05. The number of fused-ring (bicyclic) bond motifs is 2. The third kappa shape index (κ3) is 2.24. The molecule has 0 aliphatic rings. The first-order chi connectivity index (χ1) is 12.1. The molecule has 0 saturated heterocycles. The maximum absolute atomic E-state index is 13.2. The Morgan fingerprint density at radius 3 is 2.80 bits per heavy atom. The van der Waals surface area contributed by atoms with Crippen molar-refractivity contribution in [1.82, 2.24) is 9.38 Å². The number of aromatic amines is 1. The van der Waals surface area contributed by atoms with E-state index in [1.807, 2.05) is 35.7 Å². The minimum absolute atomic E-state index is 0.113. The number of benzene rings is 1. The number of nitrogens with zero attached hydrogens (tertiary/aromatic N) is 1. The number of methoxy groups -OCH3 is 1. The third-order valence-corrected chi connectivity index (χ3v) is 4.47. The van der Waals surface area contributed by atoms with Crippen molar-refractivity contribution in [2.75, 3.05) is 7.11 Å². The molecule has 0 atom stereocenters. The van der Waals surface area contributed by atoms with Crippen molar-refractivity contribution < 1.29 is 9.53 Å². The smallest absolute Gasteiger partial charge is 0.210 e. The summed E-state index contributed by atoms with van der Waals surface area (Å²) < 4.78 is 7.32. The van der Waals surface area contributed by atoms with Crippen LogP contribution in [0, 0.1) is 6.92 Å². The molecule has 1 N–H and O–H groups in total. The monoisotopic (exact) mass is 332 g/mol. The van der Waals surface area contributed by atoms with Gasteiger partial charge in [-0.15, -0.1) is 0 Å². The molecular formula is C20H16N2O3. The fourth-order valence-electron chi connectivity index (χ4n) is 3.29. The summed E-state index contributed by atoms with van der Waals surface area (Å²) in [7, 11) is 1.60. The summed E-state index contributed by atoms with van der Waals surface area (Å²) in [5.74, 6) is 0.537. The van der Waals surface area contributed by atoms with Gasteiger partial charge in [0, 0.05) is 40.5 Å². The average molecular weight is 332 g/mol. The van der Waals surface area contributed by atoms with Crippen molar-refractivity contribution in [1.29, 1.82) is 0 Å². The van der Waals surface area contributed by atoms with Gasteiger partial charge in [0.1, 0.15) is 11.4 Å². The highest BCUT2D eigenvalue weighted by Crippen LogP contribution is 2.31. The second kappa shape index (κ2) is 5.63. The predicted molar refractivity (Wildman–Crippen MR) is 96.7 cm³/mol. The van der Waals surface area contributed by atoms with Crippen LogP contribution < -0.4 is 10.2 Å². The molecule has 0 spiro atoms. The molecule has 1 aromatic carbocycles. The fourth-order valence-corrected chi connectivity index (χ4v) is 3.29. The highest BCUT2D eigenvalue weighted by atomic mass is 16.5. The van der Waals surface area contributed by atoms with Crippen molar-refractivity contribution in [3.63, 3.8) is 0 Å². The van der Waals surface area contributed by atoms with E-state index in [1.165, 1.54) is 6.07 Å². The Morgan fingerprint density at radius 1 is 1.16 bits per heavy atom. The van der Waals surface area contributed by atoms with Crippen LogP contribution in [0.4, 0.5) is 0 Å². The van der Waals surface area contributed by atoms with Crippen LogP contribution >= 0.6 is 0 Å². The Hall–Kier alpha value is -3.34. The van der Waals surface area contributed by atoms with Gasteiger partial charge >= 0.3 is 0 Å². The molecule has 0 saturated carbocycles. The minimum Gasteiger partial charge on any atom is -0.494 e. The van der Waals surface area contributed by atoms with E-state index in [9.17, 15) is 9.59 Å². The maximum Gasteiger partial charge on any atom is 0.210 e. The number of ether oxygens (including phenoxy) is 1. The number of nitrogens with one attached hydrogen (secondary N) is 1. The van der Waals surface area contributed by atoms with Gasteiger partial charge in [-0.3, -0.25) is 9.59 Å². The summed E-state index contributed by atoms with van der Waals surface area (Å²) in [6, 6.07) is 12.3. The zero-order valence-corrected chi connectivity index (χ0v) is 13.9. The second-order valence-corrected chi connectivity index (χ2v) is 5.89. The molecule has 0 amide bonds. The number of ketones is 1. The van der Waals surface area contributed by atoms with Crippen LogP contribution in [0.2, 0.25) is 0 Å². The molecule has 0 aliphatic carbocycles. The molecule has 0 fully saturated rings. The topological polar surface area (TPSA) is 63.6 Å². The first kappa shape index (κ1) is 15.2. The van der Waals surface area contributed by atoms with E-state index in [2.05, 4.69) is 4.98 Å². The molecule has 0 radical (unpaired) electrons. The largest absolute Gasteiger partial charge is 0.494 e. The molecule has 5 heteroatoms. The van der Waals surface area contributed by atoms with Crippen LogP contribution in [0.25, 0.3) is 16.4 Å². The quantitative estimate of drug-likeness (QED) is 0.585. The molecule has 0 aliphatic heterocycles. The van der Waals surface area contributed by atoms with E-state index >= 15 is 0 Å². The molecule has 124 valence electrons. The summed E-state index contributed by atoms with van der Waals surface area (Å²) in [5.41, 5.74) is 3.22. The van der Waals surface area contributed by atoms with Crippen molar-refractivity contribution in [2.45, 2.75) is 6.92 Å². The molecule has 4 rings (SSSR count). The van der Waals surface area contributed by atoms with E-state index in [4.69, 9.17) is 4.74 Å². The number of carbonyl (C=O) groups excluding carboxylic acids is 1. The lowest BCUT2D eigenvalue weighted by atomic mass is 10.0. The van der Waals surface area contributed by atoms with Crippen molar-refractivity contribution >= 4 is 22.2 Å². The van der Waals surface area contributed by atoms with Gasteiger partial charge in [0.25, 0.3) is 0 Å². The number of pyridine rings is 2. The summed E-state index contributed by atoms with van der Waals surface area (Å²) in [6.45, 7) is 1.87. The number of rotatable bonds is 3. The van der Waals surface area contributed by atoms with E-state index < -0.39 is 0 Å². The highest BCUT2D eigenvalue weighted by Gasteiger charge is 2.22. The molecule has 4 aromatic rings. The average Bonchev–Trinajstić information content (AvgIpc) is 2.92. The Morgan fingerprint density at radius 2 is 2.00 bits per heavy atom. The number of aromatic nitrogens is 2. The normalized spacial score (nSPS) is 11.1. The number of hydrogen-bond donors (Lipinski definition) is 1. The van der Waals surface area contributed by atoms with E-state index in [0.29, 0.717) is 27.9 Å². The Bertz CT molecular complexity index is 1180. The zero-order valence-electron chi connectivity index (χ0n) is 13.9. The van der Waals surface area contributed by atoms with Crippen molar-refractivity contribution in [3.05, 3.63) is 81.9 Å². The third-order valence-electron chi connectivity index (χ3n) is 4.47. The molecule has 25 heavy (non-hydrogen) atoms. The van der Waals surface area contributed by atoms with Gasteiger partial charge in [0.15, 0.2) is 5.43 Å². The molecular weight excluding hydrogens is 316 g/mol. The van der Waals surface area contributed by atoms with Gasteiger partial charge in [-0.1, -0.05) is 6.07 Å². The van der Waals surface area contributed by atoms with Crippen LogP contribution in [-0.2, 0) is 0 Å². The van der Waals surface area contributed by atoms with Crippen LogP contribution in [-0.4, -0.2) is 22.3 Å². The lowest BCUT2D eigenvalue weighted by molar-refractivity contribution is 0.103. The molecule has 0 unspecified atom stereocenters. The summed E-state index contributed by atoms with van der Waals surface area (Å²) in [5, 5.41) is 0.499. The van der Waals surface area contributed by atoms with Gasteiger partial charge in [-0.05, 0) is 37.3 Å². The predicted octanol–water partition coefficient (Wildman–Crippen LogP) is 3.33. The zero-order chi connectivity index (χ0) is 17.6. The number of carbonyl (C=O) groups is 1. The van der Waals surface area contributed by atoms with E-state index in [-0.39, 0.29) is 11.2 Å². The molecule has 5 nitrogen and oxygen atoms in total. The summed E-state index contributed by atoms with van der Waals surface area (Å²) in [4.78, 5) is 28.3. The molecule has 0 bridgehead atoms. The van der Waals surface area contributed by atoms with Gasteiger partial charge < -0.3 is 14.1 Å². The first-order valence-electron chi connectivity index (χ1n) is 7.91. The SMILES string of the molecule is COc1c(C)c(C(=O)c2ccc3[nH]ccc(=O)c3c2)n2ccccc12. The van der Waals surface area contributed by atoms with Gasteiger partial charge in [-0.25, -0.2) is 0 Å². The summed E-state index contributed by atoms with van der Waals surface area (Å²) in [6.07, 6.45) is 3.44. The Kier molecular flexibility index (Phi) is 3.42. The highest BCUT2D eigenvalue weighted by molar-refractivity contribution is 6.11. The van der Waals surface area contributed by atoms with Crippen LogP contribution in [0.3, 0.4) is 0 Å². The Balaban J connectivity index is 1.96. The number of hydrogen-bond acceptors (Lipinski definition) is 3. The first-order valence-corrected chi connectivity index (χ1v) is 7.91. The fraction of sp³-hybridized carbons (Fsp3) is 0.100.